The van der Waals surface area contributed by atoms with Crippen LogP contribution in [0.3, 0.4) is 0 Å². The van der Waals surface area contributed by atoms with Crippen LogP contribution < -0.4 is 5.32 Å². The second kappa shape index (κ2) is 6.94. The van der Waals surface area contributed by atoms with Gasteiger partial charge in [-0.15, -0.1) is 11.3 Å². The normalized spacial score (nSPS) is 10.9. The maximum Gasteiger partial charge on any atom is 0.178 e. The SMILES string of the molecule is O=Cc1nc(-c2ccc3c(Nc4cc(O)c(F)cc4Cl)ccnc3c2)cs1. The van der Waals surface area contributed by atoms with E-state index >= 15 is 0 Å². The Hall–Kier alpha value is -3.03. The van der Waals surface area contributed by atoms with Crippen molar-refractivity contribution in [3.05, 3.63) is 63.8 Å². The number of phenolic OH excluding ortho intramolecular Hbond substituents is 1. The number of phenols is 1. The van der Waals surface area contributed by atoms with Gasteiger partial charge >= 0.3 is 0 Å². The van der Waals surface area contributed by atoms with E-state index in [9.17, 15) is 14.3 Å². The number of pyridine rings is 1. The van der Waals surface area contributed by atoms with E-state index in [1.807, 2.05) is 23.6 Å². The molecule has 0 atom stereocenters. The van der Waals surface area contributed by atoms with Gasteiger partial charge in [0.2, 0.25) is 0 Å². The Balaban J connectivity index is 1.74. The van der Waals surface area contributed by atoms with Crippen molar-refractivity contribution < 1.29 is 14.3 Å². The highest BCUT2D eigenvalue weighted by molar-refractivity contribution is 7.11. The standard InChI is InChI=1S/C19H11ClFN3O2S/c20-12-6-13(21)18(26)7-16(12)23-14-3-4-22-15-5-10(1-2-11(14)15)17-9-27-19(8-25)24-17/h1-9,26H,(H,22,23). The summed E-state index contributed by atoms with van der Waals surface area (Å²) >= 11 is 7.34. The molecule has 27 heavy (non-hydrogen) atoms. The molecule has 0 aliphatic heterocycles. The average molecular weight is 400 g/mol. The molecule has 4 rings (SSSR count). The van der Waals surface area contributed by atoms with Gasteiger partial charge in [-0.2, -0.15) is 0 Å². The number of carbonyl (C=O) groups excluding carboxylic acids is 1. The predicted octanol–water partition coefficient (Wildman–Crippen LogP) is 5.41. The van der Waals surface area contributed by atoms with Crippen LogP contribution in [0.2, 0.25) is 5.02 Å². The highest BCUT2D eigenvalue weighted by Crippen LogP contribution is 2.34. The third-order valence-corrected chi connectivity index (χ3v) is 5.05. The number of hydrogen-bond donors (Lipinski definition) is 2. The summed E-state index contributed by atoms with van der Waals surface area (Å²) in [6, 6.07) is 9.65. The number of hydrogen-bond acceptors (Lipinski definition) is 6. The molecule has 0 bridgehead atoms. The van der Waals surface area contributed by atoms with E-state index < -0.39 is 11.6 Å². The lowest BCUT2D eigenvalue weighted by Gasteiger charge is -2.12. The van der Waals surface area contributed by atoms with Gasteiger partial charge in [0.05, 0.1) is 21.9 Å². The number of fused-ring (bicyclic) bond motifs is 1. The van der Waals surface area contributed by atoms with Crippen LogP contribution in [0.15, 0.2) is 48.0 Å². The first-order chi connectivity index (χ1) is 13.0. The molecule has 0 fully saturated rings. The summed E-state index contributed by atoms with van der Waals surface area (Å²) in [6.45, 7) is 0. The summed E-state index contributed by atoms with van der Waals surface area (Å²) in [5.74, 6) is -1.27. The van der Waals surface area contributed by atoms with E-state index in [1.54, 1.807) is 12.3 Å². The predicted molar refractivity (Wildman–Crippen MR) is 105 cm³/mol. The van der Waals surface area contributed by atoms with E-state index in [2.05, 4.69) is 15.3 Å². The van der Waals surface area contributed by atoms with Crippen molar-refractivity contribution in [3.8, 4) is 17.0 Å². The number of benzene rings is 2. The quantitative estimate of drug-likeness (QED) is 0.448. The van der Waals surface area contributed by atoms with Crippen LogP contribution in [0.25, 0.3) is 22.2 Å². The Kier molecular flexibility index (Phi) is 4.47. The molecule has 0 unspecified atom stereocenters. The fourth-order valence-corrected chi connectivity index (χ4v) is 3.49. The third-order valence-electron chi connectivity index (χ3n) is 3.97. The van der Waals surface area contributed by atoms with E-state index in [1.165, 1.54) is 17.4 Å². The molecule has 2 aromatic heterocycles. The van der Waals surface area contributed by atoms with Gasteiger partial charge in [0.15, 0.2) is 22.9 Å². The number of nitrogens with zero attached hydrogens (tertiary/aromatic N) is 2. The fourth-order valence-electron chi connectivity index (χ4n) is 2.67. The number of carbonyl (C=O) groups is 1. The van der Waals surface area contributed by atoms with E-state index in [-0.39, 0.29) is 5.02 Å². The van der Waals surface area contributed by atoms with Crippen molar-refractivity contribution in [2.24, 2.45) is 0 Å². The Morgan fingerprint density at radius 1 is 1.19 bits per heavy atom. The van der Waals surface area contributed by atoms with Crippen LogP contribution in [-0.2, 0) is 0 Å². The van der Waals surface area contributed by atoms with Crippen molar-refractivity contribution in [1.82, 2.24) is 9.97 Å². The zero-order valence-corrected chi connectivity index (χ0v) is 15.2. The molecular weight excluding hydrogens is 389 g/mol. The number of aromatic nitrogens is 2. The van der Waals surface area contributed by atoms with Crippen molar-refractivity contribution >= 4 is 51.5 Å². The molecule has 0 aliphatic rings. The van der Waals surface area contributed by atoms with Crippen molar-refractivity contribution in [1.29, 1.82) is 0 Å². The zero-order valence-electron chi connectivity index (χ0n) is 13.6. The topological polar surface area (TPSA) is 75.1 Å². The van der Waals surface area contributed by atoms with Crippen LogP contribution in [0.1, 0.15) is 9.80 Å². The molecule has 0 spiro atoms. The van der Waals surface area contributed by atoms with Gasteiger partial charge in [0.25, 0.3) is 0 Å². The first kappa shape index (κ1) is 17.4. The fraction of sp³-hybridized carbons (Fsp3) is 0. The van der Waals surface area contributed by atoms with Gasteiger partial charge in [0.1, 0.15) is 0 Å². The highest BCUT2D eigenvalue weighted by atomic mass is 35.5. The summed E-state index contributed by atoms with van der Waals surface area (Å²) in [4.78, 5) is 19.5. The first-order valence-electron chi connectivity index (χ1n) is 7.80. The molecule has 0 saturated carbocycles. The maximum atomic E-state index is 13.4. The lowest BCUT2D eigenvalue weighted by Crippen LogP contribution is -1.95. The number of rotatable bonds is 4. The molecule has 0 aliphatic carbocycles. The molecule has 8 heteroatoms. The van der Waals surface area contributed by atoms with E-state index in [0.29, 0.717) is 27.6 Å². The van der Waals surface area contributed by atoms with Crippen LogP contribution >= 0.6 is 22.9 Å². The lowest BCUT2D eigenvalue weighted by atomic mass is 10.1. The molecule has 4 aromatic rings. The van der Waals surface area contributed by atoms with Crippen LogP contribution in [0, 0.1) is 5.82 Å². The minimum Gasteiger partial charge on any atom is -0.505 e. The van der Waals surface area contributed by atoms with E-state index in [0.717, 1.165) is 23.3 Å². The molecule has 0 radical (unpaired) electrons. The minimum atomic E-state index is -0.785. The van der Waals surface area contributed by atoms with Gasteiger partial charge in [0, 0.05) is 34.3 Å². The van der Waals surface area contributed by atoms with Crippen molar-refractivity contribution in [3.63, 3.8) is 0 Å². The molecule has 134 valence electrons. The number of aldehydes is 1. The van der Waals surface area contributed by atoms with Crippen LogP contribution in [-0.4, -0.2) is 21.4 Å². The summed E-state index contributed by atoms with van der Waals surface area (Å²) < 4.78 is 13.4. The molecule has 5 nitrogen and oxygen atoms in total. The molecule has 0 saturated heterocycles. The summed E-state index contributed by atoms with van der Waals surface area (Å²) in [5.41, 5.74) is 3.33. The van der Waals surface area contributed by atoms with Crippen LogP contribution in [0.5, 0.6) is 5.75 Å². The van der Waals surface area contributed by atoms with Crippen molar-refractivity contribution in [2.75, 3.05) is 5.32 Å². The molecular formula is C19H11ClFN3O2S. The second-order valence-corrected chi connectivity index (χ2v) is 6.98. The number of halogens is 2. The largest absolute Gasteiger partial charge is 0.505 e. The Bertz CT molecular complexity index is 1180. The second-order valence-electron chi connectivity index (χ2n) is 5.69. The molecule has 2 N–H and O–H groups in total. The van der Waals surface area contributed by atoms with Gasteiger partial charge in [-0.05, 0) is 18.2 Å². The Labute approximate surface area is 162 Å². The number of nitrogens with one attached hydrogen (secondary N) is 1. The summed E-state index contributed by atoms with van der Waals surface area (Å²) in [5, 5.41) is 15.9. The maximum absolute atomic E-state index is 13.4. The summed E-state index contributed by atoms with van der Waals surface area (Å²) in [7, 11) is 0. The van der Waals surface area contributed by atoms with Crippen molar-refractivity contribution in [2.45, 2.75) is 0 Å². The Morgan fingerprint density at radius 2 is 2.04 bits per heavy atom. The van der Waals surface area contributed by atoms with Gasteiger partial charge in [-0.1, -0.05) is 23.7 Å². The lowest BCUT2D eigenvalue weighted by molar-refractivity contribution is 0.112. The van der Waals surface area contributed by atoms with Gasteiger partial charge in [-0.3, -0.25) is 9.78 Å². The molecule has 2 aromatic carbocycles. The highest BCUT2D eigenvalue weighted by Gasteiger charge is 2.11. The third kappa shape index (κ3) is 3.34. The average Bonchev–Trinajstić information content (AvgIpc) is 3.15. The monoisotopic (exact) mass is 399 g/mol. The smallest absolute Gasteiger partial charge is 0.178 e. The zero-order chi connectivity index (χ0) is 19.0. The first-order valence-corrected chi connectivity index (χ1v) is 9.06. The number of thiazole rings is 1. The summed E-state index contributed by atoms with van der Waals surface area (Å²) in [6.07, 6.45) is 2.35. The number of aromatic hydroxyl groups is 1. The van der Waals surface area contributed by atoms with Gasteiger partial charge in [-0.25, -0.2) is 9.37 Å². The number of anilines is 2. The van der Waals surface area contributed by atoms with Gasteiger partial charge < -0.3 is 10.4 Å². The minimum absolute atomic E-state index is 0.149. The van der Waals surface area contributed by atoms with Crippen LogP contribution in [0.4, 0.5) is 15.8 Å². The molecule has 2 heterocycles. The van der Waals surface area contributed by atoms with E-state index in [4.69, 9.17) is 11.6 Å². The molecule has 0 amide bonds. The Morgan fingerprint density at radius 3 is 2.81 bits per heavy atom.